The molecule has 2 heterocycles. The number of rotatable bonds is 6. The molecule has 1 N–H and O–H groups in total. The lowest BCUT2D eigenvalue weighted by atomic mass is 10.3. The van der Waals surface area contributed by atoms with E-state index in [1.807, 2.05) is 17.9 Å². The summed E-state index contributed by atoms with van der Waals surface area (Å²) in [5, 5.41) is 12.4. The molecule has 0 unspecified atom stereocenters. The average Bonchev–Trinajstić information content (AvgIpc) is 3.05. The first-order valence-corrected chi connectivity index (χ1v) is 7.06. The molecule has 5 nitrogen and oxygen atoms in total. The molecule has 0 bridgehead atoms. The van der Waals surface area contributed by atoms with Crippen LogP contribution < -0.4 is 5.32 Å². The molecule has 1 fully saturated rings. The van der Waals surface area contributed by atoms with Crippen LogP contribution in [0.5, 0.6) is 0 Å². The van der Waals surface area contributed by atoms with Gasteiger partial charge in [0.05, 0.1) is 17.9 Å². The summed E-state index contributed by atoms with van der Waals surface area (Å²) in [4.78, 5) is 0. The maximum atomic E-state index is 4.56. The van der Waals surface area contributed by atoms with Crippen molar-refractivity contribution in [1.82, 2.24) is 19.6 Å². The van der Waals surface area contributed by atoms with Crippen molar-refractivity contribution in [2.75, 3.05) is 5.32 Å². The molecular weight excluding hydrogens is 274 g/mol. The van der Waals surface area contributed by atoms with Crippen LogP contribution in [0.3, 0.4) is 0 Å². The van der Waals surface area contributed by atoms with E-state index in [4.69, 9.17) is 0 Å². The predicted octanol–water partition coefficient (Wildman–Crippen LogP) is 2.94. The third kappa shape index (κ3) is 3.15. The Kier molecular flexibility index (Phi) is 4.70. The van der Waals surface area contributed by atoms with E-state index in [1.54, 1.807) is 0 Å². The molecule has 2 aromatic rings. The molecule has 0 radical (unpaired) electrons. The summed E-state index contributed by atoms with van der Waals surface area (Å²) >= 11 is 0. The number of aromatic nitrogens is 4. The van der Waals surface area contributed by atoms with E-state index in [0.29, 0.717) is 5.92 Å². The average molecular weight is 296 g/mol. The molecule has 1 aliphatic carbocycles. The van der Waals surface area contributed by atoms with Crippen molar-refractivity contribution in [2.24, 2.45) is 7.05 Å². The highest BCUT2D eigenvalue weighted by Crippen LogP contribution is 2.39. The van der Waals surface area contributed by atoms with Gasteiger partial charge < -0.3 is 5.32 Å². The Hall–Kier alpha value is -1.49. The standard InChI is InChI=1S/C14H21N5.ClH/c1-3-8-19-12(6-7-16-19)10-15-14-9-13(11-4-5-11)17-18(14)2;/h6-7,9,11,15H,3-5,8,10H2,1-2H3;1H. The number of hydrogen-bond donors (Lipinski definition) is 1. The van der Waals surface area contributed by atoms with Gasteiger partial charge in [0.25, 0.3) is 0 Å². The number of halogens is 1. The minimum absolute atomic E-state index is 0. The summed E-state index contributed by atoms with van der Waals surface area (Å²) in [7, 11) is 2.00. The summed E-state index contributed by atoms with van der Waals surface area (Å²) < 4.78 is 4.00. The summed E-state index contributed by atoms with van der Waals surface area (Å²) in [5.74, 6) is 1.79. The molecule has 3 rings (SSSR count). The normalized spacial score (nSPS) is 14.1. The van der Waals surface area contributed by atoms with Crippen molar-refractivity contribution in [3.05, 3.63) is 29.7 Å². The zero-order chi connectivity index (χ0) is 13.2. The van der Waals surface area contributed by atoms with Crippen LogP contribution in [0.2, 0.25) is 0 Å². The zero-order valence-electron chi connectivity index (χ0n) is 12.0. The first-order valence-electron chi connectivity index (χ1n) is 7.06. The van der Waals surface area contributed by atoms with Crippen LogP contribution >= 0.6 is 12.4 Å². The minimum Gasteiger partial charge on any atom is -0.365 e. The molecule has 6 heteroatoms. The smallest absolute Gasteiger partial charge is 0.124 e. The van der Waals surface area contributed by atoms with E-state index in [0.717, 1.165) is 25.3 Å². The van der Waals surface area contributed by atoms with Crippen LogP contribution in [-0.2, 0) is 20.1 Å². The molecule has 1 aliphatic rings. The van der Waals surface area contributed by atoms with Crippen molar-refractivity contribution >= 4 is 18.2 Å². The van der Waals surface area contributed by atoms with Gasteiger partial charge in [-0.3, -0.25) is 9.36 Å². The van der Waals surface area contributed by atoms with Crippen LogP contribution in [0, 0.1) is 0 Å². The molecule has 20 heavy (non-hydrogen) atoms. The minimum atomic E-state index is 0. The molecule has 0 amide bonds. The number of hydrogen-bond acceptors (Lipinski definition) is 3. The highest BCUT2D eigenvalue weighted by molar-refractivity contribution is 5.85. The lowest BCUT2D eigenvalue weighted by Crippen LogP contribution is -2.10. The third-order valence-corrected chi connectivity index (χ3v) is 3.58. The SMILES string of the molecule is CCCn1nccc1CNc1cc(C2CC2)nn1C.Cl. The molecular formula is C14H22ClN5. The van der Waals surface area contributed by atoms with Crippen LogP contribution in [0.1, 0.15) is 43.5 Å². The molecule has 0 aliphatic heterocycles. The second-order valence-electron chi connectivity index (χ2n) is 5.25. The predicted molar refractivity (Wildman–Crippen MR) is 82.3 cm³/mol. The molecule has 2 aromatic heterocycles. The van der Waals surface area contributed by atoms with Gasteiger partial charge in [0, 0.05) is 31.8 Å². The van der Waals surface area contributed by atoms with Crippen molar-refractivity contribution in [2.45, 2.75) is 45.2 Å². The van der Waals surface area contributed by atoms with Gasteiger partial charge >= 0.3 is 0 Å². The van der Waals surface area contributed by atoms with E-state index in [2.05, 4.69) is 39.3 Å². The Bertz CT molecular complexity index is 556. The second-order valence-corrected chi connectivity index (χ2v) is 5.25. The van der Waals surface area contributed by atoms with Gasteiger partial charge in [-0.25, -0.2) is 0 Å². The zero-order valence-corrected chi connectivity index (χ0v) is 12.9. The fraction of sp³-hybridized carbons (Fsp3) is 0.571. The molecule has 0 spiro atoms. The van der Waals surface area contributed by atoms with Gasteiger partial charge in [-0.2, -0.15) is 10.2 Å². The Morgan fingerprint density at radius 1 is 1.40 bits per heavy atom. The lowest BCUT2D eigenvalue weighted by Gasteiger charge is -2.08. The van der Waals surface area contributed by atoms with Crippen molar-refractivity contribution < 1.29 is 0 Å². The van der Waals surface area contributed by atoms with Crippen molar-refractivity contribution in [3.63, 3.8) is 0 Å². The second kappa shape index (κ2) is 6.31. The molecule has 0 atom stereocenters. The Labute approximate surface area is 125 Å². The summed E-state index contributed by atoms with van der Waals surface area (Å²) in [6, 6.07) is 4.25. The molecule has 1 saturated carbocycles. The monoisotopic (exact) mass is 295 g/mol. The summed E-state index contributed by atoms with van der Waals surface area (Å²) in [6.45, 7) is 3.94. The van der Waals surface area contributed by atoms with Gasteiger partial charge in [0.15, 0.2) is 0 Å². The van der Waals surface area contributed by atoms with E-state index < -0.39 is 0 Å². The Morgan fingerprint density at radius 3 is 2.90 bits per heavy atom. The van der Waals surface area contributed by atoms with Gasteiger partial charge in [-0.15, -0.1) is 12.4 Å². The molecule has 110 valence electrons. The number of nitrogens with one attached hydrogen (secondary N) is 1. The number of anilines is 1. The topological polar surface area (TPSA) is 47.7 Å². The maximum Gasteiger partial charge on any atom is 0.124 e. The Morgan fingerprint density at radius 2 is 2.20 bits per heavy atom. The fourth-order valence-electron chi connectivity index (χ4n) is 2.34. The van der Waals surface area contributed by atoms with Crippen LogP contribution in [0.15, 0.2) is 18.3 Å². The maximum absolute atomic E-state index is 4.56. The molecule has 0 saturated heterocycles. The Balaban J connectivity index is 0.00000147. The number of aryl methyl sites for hydroxylation is 2. The van der Waals surface area contributed by atoms with E-state index in [1.165, 1.54) is 24.2 Å². The lowest BCUT2D eigenvalue weighted by molar-refractivity contribution is 0.577. The van der Waals surface area contributed by atoms with Gasteiger partial charge in [-0.1, -0.05) is 6.92 Å². The van der Waals surface area contributed by atoms with Gasteiger partial charge in [0.2, 0.25) is 0 Å². The first kappa shape index (κ1) is 14.9. The fourth-order valence-corrected chi connectivity index (χ4v) is 2.34. The highest BCUT2D eigenvalue weighted by atomic mass is 35.5. The first-order chi connectivity index (χ1) is 9.28. The van der Waals surface area contributed by atoms with Gasteiger partial charge in [-0.05, 0) is 25.3 Å². The van der Waals surface area contributed by atoms with Crippen LogP contribution in [0.4, 0.5) is 5.82 Å². The summed E-state index contributed by atoms with van der Waals surface area (Å²) in [6.07, 6.45) is 5.55. The molecule has 0 aromatic carbocycles. The highest BCUT2D eigenvalue weighted by Gasteiger charge is 2.26. The van der Waals surface area contributed by atoms with Gasteiger partial charge in [0.1, 0.15) is 5.82 Å². The quantitative estimate of drug-likeness (QED) is 0.891. The largest absolute Gasteiger partial charge is 0.365 e. The van der Waals surface area contributed by atoms with E-state index in [9.17, 15) is 0 Å². The van der Waals surface area contributed by atoms with Crippen LogP contribution in [-0.4, -0.2) is 19.6 Å². The van der Waals surface area contributed by atoms with E-state index in [-0.39, 0.29) is 12.4 Å². The van der Waals surface area contributed by atoms with Crippen molar-refractivity contribution in [3.8, 4) is 0 Å². The summed E-state index contributed by atoms with van der Waals surface area (Å²) in [5.41, 5.74) is 2.45. The number of nitrogens with zero attached hydrogens (tertiary/aromatic N) is 4. The van der Waals surface area contributed by atoms with Crippen molar-refractivity contribution in [1.29, 1.82) is 0 Å². The van der Waals surface area contributed by atoms with Crippen LogP contribution in [0.25, 0.3) is 0 Å². The van der Waals surface area contributed by atoms with E-state index >= 15 is 0 Å². The third-order valence-electron chi connectivity index (χ3n) is 3.58.